The van der Waals surface area contributed by atoms with Crippen molar-refractivity contribution in [3.63, 3.8) is 0 Å². The summed E-state index contributed by atoms with van der Waals surface area (Å²) in [6.45, 7) is 0.662. The van der Waals surface area contributed by atoms with Gasteiger partial charge in [-0.25, -0.2) is 4.39 Å². The van der Waals surface area contributed by atoms with Gasteiger partial charge in [-0.3, -0.25) is 0 Å². The highest BCUT2D eigenvalue weighted by Crippen LogP contribution is 2.31. The lowest BCUT2D eigenvalue weighted by molar-refractivity contribution is 0.0949. The second-order valence-electron chi connectivity index (χ2n) is 4.28. The molecule has 0 radical (unpaired) electrons. The Labute approximate surface area is 106 Å². The molecule has 0 N–H and O–H groups in total. The third-order valence-electron chi connectivity index (χ3n) is 3.14. The Hall–Kier alpha value is -0.230. The van der Waals surface area contributed by atoms with Crippen LogP contribution in [0.3, 0.4) is 0 Å². The number of hydrogen-bond acceptors (Lipinski definition) is 2. The first kappa shape index (κ1) is 13.2. The van der Waals surface area contributed by atoms with E-state index in [2.05, 4.69) is 18.7 Å². The van der Waals surface area contributed by atoms with Crippen molar-refractivity contribution in [2.45, 2.75) is 18.9 Å². The van der Waals surface area contributed by atoms with E-state index in [1.807, 2.05) is 0 Å². The lowest BCUT2D eigenvalue weighted by atomic mass is 9.95. The molecular formula is C12H17FO2P2. The average Bonchev–Trinajstić information content (AvgIpc) is 2.35. The Balaban J connectivity index is 2.09. The van der Waals surface area contributed by atoms with E-state index in [-0.39, 0.29) is 11.9 Å². The van der Waals surface area contributed by atoms with Gasteiger partial charge in [-0.2, -0.15) is 0 Å². The molecule has 2 nitrogen and oxygen atoms in total. The minimum atomic E-state index is -0.193. The molecule has 1 aliphatic rings. The highest BCUT2D eigenvalue weighted by molar-refractivity contribution is 7.16. The summed E-state index contributed by atoms with van der Waals surface area (Å²) in [5.41, 5.74) is 0.968. The third kappa shape index (κ3) is 3.16. The van der Waals surface area contributed by atoms with Crippen LogP contribution in [0.1, 0.15) is 12.0 Å². The van der Waals surface area contributed by atoms with E-state index >= 15 is 0 Å². The SMILES string of the molecule is Fc1ccc2c(c1)CCC(C(CP)COP)O2. The summed E-state index contributed by atoms with van der Waals surface area (Å²) in [5.74, 6) is 0.979. The molecule has 4 unspecified atom stereocenters. The average molecular weight is 274 g/mol. The van der Waals surface area contributed by atoms with Gasteiger partial charge in [-0.15, -0.1) is 9.24 Å². The smallest absolute Gasteiger partial charge is 0.123 e. The largest absolute Gasteiger partial charge is 0.490 e. The van der Waals surface area contributed by atoms with Crippen molar-refractivity contribution < 1.29 is 13.7 Å². The van der Waals surface area contributed by atoms with Crippen molar-refractivity contribution in [1.82, 2.24) is 0 Å². The van der Waals surface area contributed by atoms with E-state index in [4.69, 9.17) is 9.26 Å². The van der Waals surface area contributed by atoms with E-state index < -0.39 is 0 Å². The van der Waals surface area contributed by atoms with Crippen molar-refractivity contribution >= 4 is 18.7 Å². The van der Waals surface area contributed by atoms with Crippen molar-refractivity contribution in [2.24, 2.45) is 5.92 Å². The topological polar surface area (TPSA) is 18.5 Å². The summed E-state index contributed by atoms with van der Waals surface area (Å²) in [4.78, 5) is 0. The molecule has 4 atom stereocenters. The first-order valence-corrected chi connectivity index (χ1v) is 7.00. The molecular weight excluding hydrogens is 257 g/mol. The van der Waals surface area contributed by atoms with E-state index in [1.165, 1.54) is 6.07 Å². The third-order valence-corrected chi connectivity index (χ3v) is 3.94. The van der Waals surface area contributed by atoms with E-state index in [9.17, 15) is 4.39 Å². The molecule has 0 spiro atoms. The molecule has 0 saturated heterocycles. The minimum absolute atomic E-state index is 0.158. The van der Waals surface area contributed by atoms with E-state index in [0.717, 1.165) is 30.3 Å². The highest BCUT2D eigenvalue weighted by Gasteiger charge is 2.26. The molecule has 1 aromatic rings. The van der Waals surface area contributed by atoms with Gasteiger partial charge in [-0.05, 0) is 42.8 Å². The van der Waals surface area contributed by atoms with Crippen molar-refractivity contribution in [3.8, 4) is 5.75 Å². The monoisotopic (exact) mass is 274 g/mol. The molecule has 5 heteroatoms. The van der Waals surface area contributed by atoms with E-state index in [0.29, 0.717) is 12.5 Å². The zero-order chi connectivity index (χ0) is 12.3. The van der Waals surface area contributed by atoms with Crippen LogP contribution in [-0.2, 0) is 10.9 Å². The highest BCUT2D eigenvalue weighted by atomic mass is 31.0. The van der Waals surface area contributed by atoms with Gasteiger partial charge in [0.15, 0.2) is 0 Å². The Morgan fingerprint density at radius 2 is 2.35 bits per heavy atom. The van der Waals surface area contributed by atoms with Crippen molar-refractivity contribution in [2.75, 3.05) is 12.8 Å². The van der Waals surface area contributed by atoms with Gasteiger partial charge in [0, 0.05) is 15.4 Å². The summed E-state index contributed by atoms with van der Waals surface area (Å²) in [7, 11) is 5.01. The molecule has 0 fully saturated rings. The Kier molecular flexibility index (Phi) is 4.73. The summed E-state index contributed by atoms with van der Waals surface area (Å²) in [5, 5.41) is 0. The quantitative estimate of drug-likeness (QED) is 0.786. The van der Waals surface area contributed by atoms with Gasteiger partial charge in [-0.1, -0.05) is 0 Å². The summed E-state index contributed by atoms with van der Waals surface area (Å²) in [6, 6.07) is 4.73. The van der Waals surface area contributed by atoms with Crippen LogP contribution in [0.25, 0.3) is 0 Å². The lowest BCUT2D eigenvalue weighted by Crippen LogP contribution is -2.34. The number of benzene rings is 1. The summed E-state index contributed by atoms with van der Waals surface area (Å²) < 4.78 is 24.1. The molecule has 1 aliphatic heterocycles. The van der Waals surface area contributed by atoms with E-state index in [1.54, 1.807) is 12.1 Å². The molecule has 17 heavy (non-hydrogen) atoms. The van der Waals surface area contributed by atoms with Gasteiger partial charge in [0.05, 0.1) is 6.61 Å². The van der Waals surface area contributed by atoms with Gasteiger partial charge in [0.2, 0.25) is 0 Å². The first-order valence-electron chi connectivity index (χ1n) is 5.71. The maximum atomic E-state index is 13.1. The fourth-order valence-electron chi connectivity index (χ4n) is 2.16. The molecule has 2 rings (SSSR count). The van der Waals surface area contributed by atoms with Crippen LogP contribution < -0.4 is 4.74 Å². The van der Waals surface area contributed by atoms with Crippen LogP contribution in [0, 0.1) is 11.7 Å². The van der Waals surface area contributed by atoms with Crippen molar-refractivity contribution in [3.05, 3.63) is 29.6 Å². The maximum Gasteiger partial charge on any atom is 0.123 e. The molecule has 0 aromatic heterocycles. The second kappa shape index (κ2) is 6.09. The predicted octanol–water partition coefficient (Wildman–Crippen LogP) is 2.82. The lowest BCUT2D eigenvalue weighted by Gasteiger charge is -2.31. The van der Waals surface area contributed by atoms with Crippen LogP contribution >= 0.6 is 18.7 Å². The fraction of sp³-hybridized carbons (Fsp3) is 0.500. The first-order chi connectivity index (χ1) is 8.24. The number of ether oxygens (including phenoxy) is 1. The summed E-state index contributed by atoms with van der Waals surface area (Å²) >= 11 is 0. The molecule has 1 aromatic carbocycles. The van der Waals surface area contributed by atoms with Gasteiger partial charge >= 0.3 is 0 Å². The van der Waals surface area contributed by atoms with Crippen LogP contribution in [0.2, 0.25) is 0 Å². The van der Waals surface area contributed by atoms with Gasteiger partial charge in [0.1, 0.15) is 17.7 Å². The number of halogens is 1. The fourth-order valence-corrected chi connectivity index (χ4v) is 2.85. The zero-order valence-corrected chi connectivity index (χ0v) is 11.9. The molecule has 0 aliphatic carbocycles. The second-order valence-corrected chi connectivity index (χ2v) is 5.08. The summed E-state index contributed by atoms with van der Waals surface area (Å²) in [6.07, 6.45) is 2.89. The number of rotatable bonds is 4. The Bertz CT molecular complexity index is 387. The predicted molar refractivity (Wildman–Crippen MR) is 72.9 cm³/mol. The van der Waals surface area contributed by atoms with Gasteiger partial charge < -0.3 is 9.26 Å². The molecule has 0 amide bonds. The standard InChI is InChI=1S/C12H17FO2P2/c13-10-2-4-11-8(5-10)1-3-12(15-11)9(7-16)6-14-17/h2,4-5,9,12H,1,3,6-7,16-17H2. The number of hydrogen-bond donors (Lipinski definition) is 0. The Morgan fingerprint density at radius 3 is 3.06 bits per heavy atom. The van der Waals surface area contributed by atoms with Gasteiger partial charge in [0.25, 0.3) is 0 Å². The normalized spacial score (nSPS) is 20.5. The maximum absolute atomic E-state index is 13.1. The van der Waals surface area contributed by atoms with Crippen LogP contribution in [0.5, 0.6) is 5.75 Å². The molecule has 0 bridgehead atoms. The van der Waals surface area contributed by atoms with Crippen molar-refractivity contribution in [1.29, 1.82) is 0 Å². The minimum Gasteiger partial charge on any atom is -0.490 e. The number of aryl methyl sites for hydroxylation is 1. The molecule has 0 saturated carbocycles. The zero-order valence-electron chi connectivity index (χ0n) is 9.56. The molecule has 94 valence electrons. The van der Waals surface area contributed by atoms with Crippen LogP contribution in [0.15, 0.2) is 18.2 Å². The number of fused-ring (bicyclic) bond motifs is 1. The molecule has 1 heterocycles. The van der Waals surface area contributed by atoms with Crippen LogP contribution in [-0.4, -0.2) is 18.9 Å². The Morgan fingerprint density at radius 1 is 1.53 bits per heavy atom. The van der Waals surface area contributed by atoms with Crippen LogP contribution in [0.4, 0.5) is 4.39 Å².